The van der Waals surface area contributed by atoms with Crippen molar-refractivity contribution in [2.24, 2.45) is 0 Å². The van der Waals surface area contributed by atoms with Crippen LogP contribution in [0.1, 0.15) is 11.5 Å². The summed E-state index contributed by atoms with van der Waals surface area (Å²) in [5, 5.41) is 0. The van der Waals surface area contributed by atoms with Gasteiger partial charge in [-0.2, -0.15) is 4.98 Å². The molecule has 0 radical (unpaired) electrons. The summed E-state index contributed by atoms with van der Waals surface area (Å²) >= 11 is 0. The SMILES string of the molecule is COc1cccc(CCc2nc3ncc(N)cc3o2)c1. The molecule has 0 aliphatic heterocycles. The van der Waals surface area contributed by atoms with Gasteiger partial charge in [0.25, 0.3) is 0 Å². The molecule has 0 aliphatic rings. The highest BCUT2D eigenvalue weighted by atomic mass is 16.5. The highest BCUT2D eigenvalue weighted by Crippen LogP contribution is 2.18. The van der Waals surface area contributed by atoms with Crippen LogP contribution in [-0.4, -0.2) is 17.1 Å². The van der Waals surface area contributed by atoms with E-state index in [1.54, 1.807) is 19.4 Å². The molecule has 0 unspecified atom stereocenters. The molecule has 102 valence electrons. The number of anilines is 1. The summed E-state index contributed by atoms with van der Waals surface area (Å²) in [7, 11) is 1.66. The molecule has 5 nitrogen and oxygen atoms in total. The lowest BCUT2D eigenvalue weighted by molar-refractivity contribution is 0.414. The van der Waals surface area contributed by atoms with Gasteiger partial charge in [-0.3, -0.25) is 0 Å². The molecule has 0 aliphatic carbocycles. The third-order valence-electron chi connectivity index (χ3n) is 3.07. The van der Waals surface area contributed by atoms with Crippen LogP contribution in [0.5, 0.6) is 5.75 Å². The fourth-order valence-electron chi connectivity index (χ4n) is 2.07. The van der Waals surface area contributed by atoms with Crippen LogP contribution in [0.15, 0.2) is 40.9 Å². The van der Waals surface area contributed by atoms with Crippen molar-refractivity contribution in [2.75, 3.05) is 12.8 Å². The number of rotatable bonds is 4. The first-order valence-electron chi connectivity index (χ1n) is 6.38. The molecule has 0 amide bonds. The highest BCUT2D eigenvalue weighted by molar-refractivity contribution is 5.71. The van der Waals surface area contributed by atoms with Gasteiger partial charge < -0.3 is 14.9 Å². The van der Waals surface area contributed by atoms with Crippen LogP contribution < -0.4 is 10.5 Å². The average molecular weight is 269 g/mol. The number of pyridine rings is 1. The molecule has 0 fully saturated rings. The van der Waals surface area contributed by atoms with Crippen LogP contribution in [0.3, 0.4) is 0 Å². The molecular weight excluding hydrogens is 254 g/mol. The number of nitrogens with zero attached hydrogens (tertiary/aromatic N) is 2. The smallest absolute Gasteiger partial charge is 0.198 e. The Balaban J connectivity index is 1.76. The molecule has 5 heteroatoms. The Bertz CT molecular complexity index is 737. The van der Waals surface area contributed by atoms with E-state index in [9.17, 15) is 0 Å². The third-order valence-corrected chi connectivity index (χ3v) is 3.07. The van der Waals surface area contributed by atoms with Gasteiger partial charge in [0.15, 0.2) is 17.1 Å². The number of hydrogen-bond donors (Lipinski definition) is 1. The van der Waals surface area contributed by atoms with Crippen molar-refractivity contribution in [2.45, 2.75) is 12.8 Å². The second-order valence-electron chi connectivity index (χ2n) is 4.55. The first kappa shape index (κ1) is 12.5. The highest BCUT2D eigenvalue weighted by Gasteiger charge is 2.07. The summed E-state index contributed by atoms with van der Waals surface area (Å²) in [6.07, 6.45) is 3.12. The zero-order chi connectivity index (χ0) is 13.9. The first-order valence-corrected chi connectivity index (χ1v) is 6.38. The minimum absolute atomic E-state index is 0.577. The molecule has 2 heterocycles. The van der Waals surface area contributed by atoms with Gasteiger partial charge in [-0.1, -0.05) is 12.1 Å². The molecule has 2 aromatic heterocycles. The standard InChI is InChI=1S/C15H15N3O2/c1-19-12-4-2-3-10(7-12)5-6-14-18-15-13(20-14)8-11(16)9-17-15/h2-4,7-9H,5-6,16H2,1H3. The van der Waals surface area contributed by atoms with Crippen LogP contribution >= 0.6 is 0 Å². The number of ether oxygens (including phenoxy) is 1. The van der Waals surface area contributed by atoms with E-state index in [4.69, 9.17) is 14.9 Å². The summed E-state index contributed by atoms with van der Waals surface area (Å²) in [5.74, 6) is 1.52. The number of methoxy groups -OCH3 is 1. The number of nitrogens with two attached hydrogens (primary N) is 1. The van der Waals surface area contributed by atoms with E-state index in [1.165, 1.54) is 5.56 Å². The summed E-state index contributed by atoms with van der Waals surface area (Å²) < 4.78 is 10.8. The molecule has 0 bridgehead atoms. The Morgan fingerprint density at radius 1 is 1.25 bits per heavy atom. The van der Waals surface area contributed by atoms with Crippen LogP contribution in [0.4, 0.5) is 5.69 Å². The van der Waals surface area contributed by atoms with Gasteiger partial charge in [0.1, 0.15) is 5.75 Å². The number of oxazole rings is 1. The molecule has 1 aromatic carbocycles. The second kappa shape index (κ2) is 5.21. The fraction of sp³-hybridized carbons (Fsp3) is 0.200. The van der Waals surface area contributed by atoms with Crippen molar-refractivity contribution < 1.29 is 9.15 Å². The van der Waals surface area contributed by atoms with E-state index in [2.05, 4.69) is 16.0 Å². The molecule has 2 N–H and O–H groups in total. The zero-order valence-electron chi connectivity index (χ0n) is 11.2. The molecule has 3 rings (SSSR count). The summed E-state index contributed by atoms with van der Waals surface area (Å²) in [5.41, 5.74) is 8.65. The monoisotopic (exact) mass is 269 g/mol. The van der Waals surface area contributed by atoms with Crippen molar-refractivity contribution in [3.05, 3.63) is 48.0 Å². The van der Waals surface area contributed by atoms with E-state index in [1.807, 2.05) is 18.2 Å². The van der Waals surface area contributed by atoms with Crippen molar-refractivity contribution in [3.63, 3.8) is 0 Å². The Morgan fingerprint density at radius 2 is 2.15 bits per heavy atom. The molecule has 3 aromatic rings. The molecule has 0 saturated carbocycles. The van der Waals surface area contributed by atoms with E-state index in [0.29, 0.717) is 29.2 Å². The fourth-order valence-corrected chi connectivity index (χ4v) is 2.07. The van der Waals surface area contributed by atoms with Crippen LogP contribution in [0.25, 0.3) is 11.2 Å². The van der Waals surface area contributed by atoms with E-state index in [-0.39, 0.29) is 0 Å². The summed E-state index contributed by atoms with van der Waals surface area (Å²) in [6, 6.07) is 9.71. The number of aromatic nitrogens is 2. The van der Waals surface area contributed by atoms with Crippen LogP contribution in [0, 0.1) is 0 Å². The second-order valence-corrected chi connectivity index (χ2v) is 4.55. The van der Waals surface area contributed by atoms with E-state index in [0.717, 1.165) is 12.2 Å². The lowest BCUT2D eigenvalue weighted by Gasteiger charge is -2.02. The number of hydrogen-bond acceptors (Lipinski definition) is 5. The van der Waals surface area contributed by atoms with Crippen LogP contribution in [0.2, 0.25) is 0 Å². The summed E-state index contributed by atoms with van der Waals surface area (Å²) in [4.78, 5) is 8.48. The summed E-state index contributed by atoms with van der Waals surface area (Å²) in [6.45, 7) is 0. The third kappa shape index (κ3) is 2.56. The van der Waals surface area contributed by atoms with Gasteiger partial charge in [0.05, 0.1) is 19.0 Å². The maximum absolute atomic E-state index is 5.67. The predicted octanol–water partition coefficient (Wildman–Crippen LogP) is 2.60. The maximum atomic E-state index is 5.67. The van der Waals surface area contributed by atoms with Gasteiger partial charge in [0, 0.05) is 12.5 Å². The van der Waals surface area contributed by atoms with Crippen molar-refractivity contribution in [3.8, 4) is 5.75 Å². The number of nitrogen functional groups attached to an aromatic ring is 1. The minimum Gasteiger partial charge on any atom is -0.497 e. The van der Waals surface area contributed by atoms with Gasteiger partial charge in [0.2, 0.25) is 0 Å². The zero-order valence-corrected chi connectivity index (χ0v) is 11.2. The quantitative estimate of drug-likeness (QED) is 0.788. The molecule has 20 heavy (non-hydrogen) atoms. The maximum Gasteiger partial charge on any atom is 0.198 e. The van der Waals surface area contributed by atoms with Gasteiger partial charge >= 0.3 is 0 Å². The van der Waals surface area contributed by atoms with Gasteiger partial charge in [-0.15, -0.1) is 0 Å². The van der Waals surface area contributed by atoms with Crippen LogP contribution in [-0.2, 0) is 12.8 Å². The Kier molecular flexibility index (Phi) is 3.25. The lowest BCUT2D eigenvalue weighted by Crippen LogP contribution is -1.92. The van der Waals surface area contributed by atoms with Gasteiger partial charge in [-0.05, 0) is 24.1 Å². The van der Waals surface area contributed by atoms with E-state index < -0.39 is 0 Å². The predicted molar refractivity (Wildman–Crippen MR) is 76.6 cm³/mol. The van der Waals surface area contributed by atoms with Crippen molar-refractivity contribution >= 4 is 16.9 Å². The topological polar surface area (TPSA) is 74.2 Å². The van der Waals surface area contributed by atoms with Crippen molar-refractivity contribution in [1.29, 1.82) is 0 Å². The lowest BCUT2D eigenvalue weighted by atomic mass is 10.1. The molecular formula is C15H15N3O2. The minimum atomic E-state index is 0.577. The molecule has 0 saturated heterocycles. The normalized spacial score (nSPS) is 10.8. The Labute approximate surface area is 116 Å². The molecule has 0 atom stereocenters. The number of benzene rings is 1. The average Bonchev–Trinajstić information content (AvgIpc) is 2.87. The first-order chi connectivity index (χ1) is 9.74. The Morgan fingerprint density at radius 3 is 3.00 bits per heavy atom. The molecule has 0 spiro atoms. The largest absolute Gasteiger partial charge is 0.497 e. The van der Waals surface area contributed by atoms with E-state index >= 15 is 0 Å². The Hall–Kier alpha value is -2.56. The van der Waals surface area contributed by atoms with Gasteiger partial charge in [-0.25, -0.2) is 4.98 Å². The van der Waals surface area contributed by atoms with Crippen molar-refractivity contribution in [1.82, 2.24) is 9.97 Å². The number of aryl methyl sites for hydroxylation is 2. The number of fused-ring (bicyclic) bond motifs is 1.